The maximum absolute atomic E-state index is 12.2. The number of ether oxygens (including phenoxy) is 1. The quantitative estimate of drug-likeness (QED) is 0.828. The highest BCUT2D eigenvalue weighted by molar-refractivity contribution is 5.94. The van der Waals surface area contributed by atoms with Crippen LogP contribution in [0.25, 0.3) is 0 Å². The number of carbonyl (C=O) groups excluding carboxylic acids is 2. The molecule has 126 valence electrons. The first kappa shape index (κ1) is 17.2. The SMILES string of the molecule is COC(=O)CNC(=O)c1cc(C(C)C)nc(N2CCCCC2)n1. The van der Waals surface area contributed by atoms with E-state index in [4.69, 9.17) is 0 Å². The van der Waals surface area contributed by atoms with Crippen LogP contribution in [0.15, 0.2) is 6.07 Å². The summed E-state index contributed by atoms with van der Waals surface area (Å²) in [5, 5.41) is 2.52. The summed E-state index contributed by atoms with van der Waals surface area (Å²) < 4.78 is 4.52. The van der Waals surface area contributed by atoms with Crippen molar-refractivity contribution in [3.8, 4) is 0 Å². The van der Waals surface area contributed by atoms with Crippen molar-refractivity contribution in [3.63, 3.8) is 0 Å². The lowest BCUT2D eigenvalue weighted by Crippen LogP contribution is -2.34. The van der Waals surface area contributed by atoms with Crippen LogP contribution in [0, 0.1) is 0 Å². The minimum atomic E-state index is -0.493. The van der Waals surface area contributed by atoms with Gasteiger partial charge in [-0.15, -0.1) is 0 Å². The summed E-state index contributed by atoms with van der Waals surface area (Å²) in [5.74, 6) is -0.0986. The Morgan fingerprint density at radius 2 is 1.96 bits per heavy atom. The van der Waals surface area contributed by atoms with Crippen LogP contribution in [0.4, 0.5) is 5.95 Å². The van der Waals surface area contributed by atoms with Crippen molar-refractivity contribution < 1.29 is 14.3 Å². The van der Waals surface area contributed by atoms with Crippen LogP contribution < -0.4 is 10.2 Å². The molecule has 7 heteroatoms. The van der Waals surface area contributed by atoms with Crippen LogP contribution in [-0.2, 0) is 9.53 Å². The zero-order valence-electron chi connectivity index (χ0n) is 14.0. The van der Waals surface area contributed by atoms with Crippen LogP contribution in [0.2, 0.25) is 0 Å². The fraction of sp³-hybridized carbons (Fsp3) is 0.625. The third kappa shape index (κ3) is 4.64. The first-order chi connectivity index (χ1) is 11.0. The van der Waals surface area contributed by atoms with Crippen molar-refractivity contribution in [1.29, 1.82) is 0 Å². The molecule has 0 saturated carbocycles. The van der Waals surface area contributed by atoms with E-state index in [-0.39, 0.29) is 18.2 Å². The van der Waals surface area contributed by atoms with Crippen molar-refractivity contribution in [2.75, 3.05) is 31.6 Å². The Kier molecular flexibility index (Phi) is 5.90. The molecule has 1 saturated heterocycles. The predicted molar refractivity (Wildman–Crippen MR) is 86.5 cm³/mol. The molecule has 7 nitrogen and oxygen atoms in total. The lowest BCUT2D eigenvalue weighted by atomic mass is 10.1. The van der Waals surface area contributed by atoms with Gasteiger partial charge in [0.15, 0.2) is 0 Å². The summed E-state index contributed by atoms with van der Waals surface area (Å²) in [5.41, 5.74) is 1.11. The monoisotopic (exact) mass is 320 g/mol. The number of hydrogen-bond donors (Lipinski definition) is 1. The zero-order valence-corrected chi connectivity index (χ0v) is 14.0. The van der Waals surface area contributed by atoms with Crippen LogP contribution in [0.1, 0.15) is 55.2 Å². The number of esters is 1. The molecular weight excluding hydrogens is 296 g/mol. The summed E-state index contributed by atoms with van der Waals surface area (Å²) in [6.07, 6.45) is 3.44. The van der Waals surface area contributed by atoms with Crippen molar-refractivity contribution >= 4 is 17.8 Å². The van der Waals surface area contributed by atoms with Crippen molar-refractivity contribution in [3.05, 3.63) is 17.5 Å². The molecule has 0 bridgehead atoms. The summed E-state index contributed by atoms with van der Waals surface area (Å²) in [6.45, 7) is 5.70. The van der Waals surface area contributed by atoms with Crippen LogP contribution in [-0.4, -0.2) is 48.6 Å². The maximum atomic E-state index is 12.2. The number of amides is 1. The van der Waals surface area contributed by atoms with Gasteiger partial charge in [0, 0.05) is 18.8 Å². The number of methoxy groups -OCH3 is 1. The molecule has 23 heavy (non-hydrogen) atoms. The third-order valence-corrected chi connectivity index (χ3v) is 3.82. The highest BCUT2D eigenvalue weighted by atomic mass is 16.5. The average Bonchev–Trinajstić information content (AvgIpc) is 2.59. The molecule has 1 aliphatic rings. The molecule has 0 aromatic carbocycles. The highest BCUT2D eigenvalue weighted by Gasteiger charge is 2.19. The van der Waals surface area contributed by atoms with E-state index in [1.165, 1.54) is 13.5 Å². The van der Waals surface area contributed by atoms with Crippen LogP contribution >= 0.6 is 0 Å². The summed E-state index contributed by atoms with van der Waals surface area (Å²) in [6, 6.07) is 1.69. The van der Waals surface area contributed by atoms with E-state index in [2.05, 4.69) is 24.9 Å². The molecule has 0 spiro atoms. The van der Waals surface area contributed by atoms with Gasteiger partial charge in [-0.05, 0) is 31.2 Å². The van der Waals surface area contributed by atoms with Crippen LogP contribution in [0.3, 0.4) is 0 Å². The number of rotatable bonds is 5. The minimum Gasteiger partial charge on any atom is -0.468 e. The molecule has 1 aliphatic heterocycles. The summed E-state index contributed by atoms with van der Waals surface area (Å²) in [4.78, 5) is 34.5. The van der Waals surface area contributed by atoms with Gasteiger partial charge in [-0.3, -0.25) is 9.59 Å². The van der Waals surface area contributed by atoms with Gasteiger partial charge >= 0.3 is 5.97 Å². The molecule has 2 heterocycles. The van der Waals surface area contributed by atoms with Gasteiger partial charge in [0.1, 0.15) is 12.2 Å². The van der Waals surface area contributed by atoms with Gasteiger partial charge in [0.2, 0.25) is 5.95 Å². The maximum Gasteiger partial charge on any atom is 0.325 e. The molecule has 0 atom stereocenters. The largest absolute Gasteiger partial charge is 0.468 e. The predicted octanol–water partition coefficient (Wildman–Crippen LogP) is 1.49. The third-order valence-electron chi connectivity index (χ3n) is 3.82. The lowest BCUT2D eigenvalue weighted by Gasteiger charge is -2.27. The van der Waals surface area contributed by atoms with Gasteiger partial charge in [-0.2, -0.15) is 0 Å². The number of anilines is 1. The van der Waals surface area contributed by atoms with Gasteiger partial charge in [-0.1, -0.05) is 13.8 Å². The van der Waals surface area contributed by atoms with Gasteiger partial charge in [-0.25, -0.2) is 9.97 Å². The topological polar surface area (TPSA) is 84.4 Å². The number of aromatic nitrogens is 2. The Bertz CT molecular complexity index is 568. The van der Waals surface area contributed by atoms with Crippen LogP contribution in [0.5, 0.6) is 0 Å². The molecule has 1 fully saturated rings. The van der Waals surface area contributed by atoms with Gasteiger partial charge < -0.3 is 15.0 Å². The second-order valence-corrected chi connectivity index (χ2v) is 5.94. The number of nitrogens with zero attached hydrogens (tertiary/aromatic N) is 3. The Balaban J connectivity index is 2.21. The minimum absolute atomic E-state index is 0.171. The van der Waals surface area contributed by atoms with E-state index >= 15 is 0 Å². The Morgan fingerprint density at radius 3 is 2.57 bits per heavy atom. The normalized spacial score (nSPS) is 14.7. The van der Waals surface area contributed by atoms with Gasteiger partial charge in [0.25, 0.3) is 5.91 Å². The second kappa shape index (κ2) is 7.89. The van der Waals surface area contributed by atoms with Gasteiger partial charge in [0.05, 0.1) is 7.11 Å². The fourth-order valence-electron chi connectivity index (χ4n) is 2.42. The van der Waals surface area contributed by atoms with E-state index in [1.807, 2.05) is 13.8 Å². The summed E-state index contributed by atoms with van der Waals surface area (Å²) >= 11 is 0. The first-order valence-electron chi connectivity index (χ1n) is 8.00. The van der Waals surface area contributed by atoms with E-state index in [0.29, 0.717) is 5.95 Å². The first-order valence-corrected chi connectivity index (χ1v) is 8.00. The molecule has 0 radical (unpaired) electrons. The van der Waals surface area contributed by atoms with Crippen molar-refractivity contribution in [2.45, 2.75) is 39.0 Å². The number of carbonyl (C=O) groups is 2. The second-order valence-electron chi connectivity index (χ2n) is 5.94. The van der Waals surface area contributed by atoms with E-state index in [1.54, 1.807) is 6.07 Å². The Hall–Kier alpha value is -2.18. The highest BCUT2D eigenvalue weighted by Crippen LogP contribution is 2.20. The van der Waals surface area contributed by atoms with Crippen molar-refractivity contribution in [2.24, 2.45) is 0 Å². The van der Waals surface area contributed by atoms with Crippen molar-refractivity contribution in [1.82, 2.24) is 15.3 Å². The number of hydrogen-bond acceptors (Lipinski definition) is 6. The van der Waals surface area contributed by atoms with E-state index in [9.17, 15) is 9.59 Å². The molecule has 1 N–H and O–H groups in total. The lowest BCUT2D eigenvalue weighted by molar-refractivity contribution is -0.139. The Labute approximate surface area is 136 Å². The molecule has 0 aliphatic carbocycles. The molecule has 2 rings (SSSR count). The molecular formula is C16H24N4O3. The zero-order chi connectivity index (χ0) is 16.8. The molecule has 1 amide bonds. The summed E-state index contributed by atoms with van der Waals surface area (Å²) in [7, 11) is 1.28. The molecule has 0 unspecified atom stereocenters. The van der Waals surface area contributed by atoms with E-state index in [0.717, 1.165) is 31.6 Å². The fourth-order valence-corrected chi connectivity index (χ4v) is 2.42. The number of piperidine rings is 1. The molecule has 1 aromatic heterocycles. The standard InChI is InChI=1S/C16H24N4O3/c1-11(2)12-9-13(15(22)17-10-14(21)23-3)19-16(18-12)20-7-5-4-6-8-20/h9,11H,4-8,10H2,1-3H3,(H,17,22). The van der Waals surface area contributed by atoms with E-state index < -0.39 is 11.9 Å². The smallest absolute Gasteiger partial charge is 0.325 e. The average molecular weight is 320 g/mol. The Morgan fingerprint density at radius 1 is 1.26 bits per heavy atom. The number of nitrogens with one attached hydrogen (secondary N) is 1. The molecule has 1 aromatic rings.